The normalized spacial score (nSPS) is 12.2. The summed E-state index contributed by atoms with van der Waals surface area (Å²) in [5.74, 6) is 0.694. The van der Waals surface area contributed by atoms with Crippen molar-refractivity contribution in [2.45, 2.75) is 12.5 Å². The van der Waals surface area contributed by atoms with Gasteiger partial charge in [0.05, 0.1) is 6.10 Å². The molecule has 1 unspecified atom stereocenters. The smallest absolute Gasteiger partial charge is 0.119 e. The Morgan fingerprint density at radius 2 is 1.42 bits per heavy atom. The van der Waals surface area contributed by atoms with E-state index in [0.717, 1.165) is 5.56 Å². The van der Waals surface area contributed by atoms with E-state index >= 15 is 0 Å². The number of aliphatic hydroxyl groups is 1. The van der Waals surface area contributed by atoms with E-state index < -0.39 is 6.10 Å². The van der Waals surface area contributed by atoms with Crippen LogP contribution in [-0.4, -0.2) is 17.8 Å². The maximum absolute atomic E-state index is 9.90. The van der Waals surface area contributed by atoms with Crippen molar-refractivity contribution in [2.24, 2.45) is 0 Å². The summed E-state index contributed by atoms with van der Waals surface area (Å²) in [6, 6.07) is 14.5. The Kier molecular flexibility index (Phi) is 5.08. The van der Waals surface area contributed by atoms with Gasteiger partial charge in [0.2, 0.25) is 0 Å². The summed E-state index contributed by atoms with van der Waals surface area (Å²) >= 11 is 11.6. The Bertz CT molecular complexity index is 509. The van der Waals surface area contributed by atoms with Crippen LogP contribution in [0.4, 0.5) is 0 Å². The van der Waals surface area contributed by atoms with Gasteiger partial charge >= 0.3 is 0 Å². The zero-order valence-corrected chi connectivity index (χ0v) is 11.7. The predicted molar refractivity (Wildman–Crippen MR) is 78.1 cm³/mol. The molecule has 0 aromatic heterocycles. The monoisotopic (exact) mass is 296 g/mol. The van der Waals surface area contributed by atoms with Crippen molar-refractivity contribution in [3.05, 3.63) is 64.1 Å². The zero-order valence-electron chi connectivity index (χ0n) is 10.2. The Hall–Kier alpha value is -1.22. The number of hydrogen-bond acceptors (Lipinski definition) is 2. The molecule has 0 amide bonds. The summed E-state index contributed by atoms with van der Waals surface area (Å²) in [6.45, 7) is 0.240. The largest absolute Gasteiger partial charge is 0.491 e. The van der Waals surface area contributed by atoms with Crippen LogP contribution in [0.15, 0.2) is 48.5 Å². The van der Waals surface area contributed by atoms with Gasteiger partial charge in [0, 0.05) is 16.5 Å². The van der Waals surface area contributed by atoms with E-state index in [9.17, 15) is 5.11 Å². The Morgan fingerprint density at radius 1 is 0.895 bits per heavy atom. The van der Waals surface area contributed by atoms with Crippen LogP contribution in [0.25, 0.3) is 0 Å². The van der Waals surface area contributed by atoms with Crippen LogP contribution < -0.4 is 4.74 Å². The highest BCUT2D eigenvalue weighted by molar-refractivity contribution is 6.30. The lowest BCUT2D eigenvalue weighted by atomic mass is 10.1. The van der Waals surface area contributed by atoms with Gasteiger partial charge in [-0.25, -0.2) is 0 Å². The van der Waals surface area contributed by atoms with Gasteiger partial charge < -0.3 is 9.84 Å². The van der Waals surface area contributed by atoms with Gasteiger partial charge in [-0.05, 0) is 42.0 Å². The van der Waals surface area contributed by atoms with Gasteiger partial charge in [-0.1, -0.05) is 35.3 Å². The van der Waals surface area contributed by atoms with E-state index in [4.69, 9.17) is 27.9 Å². The highest BCUT2D eigenvalue weighted by Gasteiger charge is 2.07. The summed E-state index contributed by atoms with van der Waals surface area (Å²) in [5, 5.41) is 11.3. The number of hydrogen-bond donors (Lipinski definition) is 1. The van der Waals surface area contributed by atoms with Crippen molar-refractivity contribution >= 4 is 23.2 Å². The quantitative estimate of drug-likeness (QED) is 0.904. The second kappa shape index (κ2) is 6.80. The molecule has 0 saturated carbocycles. The first-order chi connectivity index (χ1) is 9.13. The first-order valence-corrected chi connectivity index (χ1v) is 6.70. The average molecular weight is 297 g/mol. The lowest BCUT2D eigenvalue weighted by Gasteiger charge is -2.12. The number of rotatable bonds is 5. The molecule has 0 fully saturated rings. The lowest BCUT2D eigenvalue weighted by molar-refractivity contribution is 0.108. The van der Waals surface area contributed by atoms with E-state index in [1.807, 2.05) is 24.3 Å². The molecule has 2 nitrogen and oxygen atoms in total. The Labute approximate surface area is 122 Å². The number of benzene rings is 2. The summed E-state index contributed by atoms with van der Waals surface area (Å²) in [5.41, 5.74) is 1.02. The molecule has 2 aromatic carbocycles. The van der Waals surface area contributed by atoms with E-state index in [1.54, 1.807) is 24.3 Å². The van der Waals surface area contributed by atoms with Crippen LogP contribution in [0.5, 0.6) is 5.75 Å². The van der Waals surface area contributed by atoms with Gasteiger partial charge in [-0.3, -0.25) is 0 Å². The average Bonchev–Trinajstić information content (AvgIpc) is 2.41. The first kappa shape index (κ1) is 14.2. The number of ether oxygens (including phenoxy) is 1. The van der Waals surface area contributed by atoms with Gasteiger partial charge in [0.1, 0.15) is 12.4 Å². The molecule has 1 N–H and O–H groups in total. The molecule has 0 heterocycles. The van der Waals surface area contributed by atoms with Crippen LogP contribution in [0.1, 0.15) is 5.56 Å². The van der Waals surface area contributed by atoms with E-state index in [1.165, 1.54) is 0 Å². The Morgan fingerprint density at radius 3 is 2.00 bits per heavy atom. The zero-order chi connectivity index (χ0) is 13.7. The van der Waals surface area contributed by atoms with Crippen molar-refractivity contribution in [1.29, 1.82) is 0 Å². The molecule has 0 saturated heterocycles. The molecule has 0 aliphatic rings. The van der Waals surface area contributed by atoms with Gasteiger partial charge in [0.25, 0.3) is 0 Å². The van der Waals surface area contributed by atoms with Crippen LogP contribution in [0.2, 0.25) is 10.0 Å². The molecular weight excluding hydrogens is 283 g/mol. The molecule has 4 heteroatoms. The summed E-state index contributed by atoms with van der Waals surface area (Å²) in [7, 11) is 0. The molecular formula is C15H14Cl2O2. The van der Waals surface area contributed by atoms with Gasteiger partial charge in [0.15, 0.2) is 0 Å². The first-order valence-electron chi connectivity index (χ1n) is 5.94. The fourth-order valence-corrected chi connectivity index (χ4v) is 1.93. The third-order valence-electron chi connectivity index (χ3n) is 2.64. The Balaban J connectivity index is 1.82. The van der Waals surface area contributed by atoms with Crippen molar-refractivity contribution in [3.8, 4) is 5.75 Å². The second-order valence-electron chi connectivity index (χ2n) is 4.25. The summed E-state index contributed by atoms with van der Waals surface area (Å²) in [4.78, 5) is 0. The topological polar surface area (TPSA) is 29.5 Å². The van der Waals surface area contributed by atoms with E-state index in [0.29, 0.717) is 22.2 Å². The molecule has 100 valence electrons. The van der Waals surface area contributed by atoms with Crippen LogP contribution in [0, 0.1) is 0 Å². The second-order valence-corrected chi connectivity index (χ2v) is 5.12. The molecule has 0 spiro atoms. The minimum Gasteiger partial charge on any atom is -0.491 e. The number of aliphatic hydroxyl groups excluding tert-OH is 1. The number of halogens is 2. The van der Waals surface area contributed by atoms with Crippen molar-refractivity contribution in [3.63, 3.8) is 0 Å². The molecule has 1 atom stereocenters. The van der Waals surface area contributed by atoms with E-state index in [-0.39, 0.29) is 6.61 Å². The standard InChI is InChI=1S/C15H14Cl2O2/c16-12-3-1-11(2-4-12)9-14(18)10-19-15-7-5-13(17)6-8-15/h1-8,14,18H,9-10H2. The SMILES string of the molecule is OC(COc1ccc(Cl)cc1)Cc1ccc(Cl)cc1. The maximum Gasteiger partial charge on any atom is 0.119 e. The molecule has 19 heavy (non-hydrogen) atoms. The summed E-state index contributed by atoms with van der Waals surface area (Å²) in [6.07, 6.45) is -0.0260. The molecule has 2 rings (SSSR count). The highest BCUT2D eigenvalue weighted by atomic mass is 35.5. The molecule has 0 aliphatic heterocycles. The minimum atomic E-state index is -0.558. The molecule has 0 aliphatic carbocycles. The van der Waals surface area contributed by atoms with Crippen molar-refractivity contribution < 1.29 is 9.84 Å². The van der Waals surface area contributed by atoms with Crippen molar-refractivity contribution in [2.75, 3.05) is 6.61 Å². The third kappa shape index (κ3) is 4.75. The van der Waals surface area contributed by atoms with Gasteiger partial charge in [-0.2, -0.15) is 0 Å². The minimum absolute atomic E-state index is 0.240. The highest BCUT2D eigenvalue weighted by Crippen LogP contribution is 2.16. The maximum atomic E-state index is 9.90. The van der Waals surface area contributed by atoms with Crippen molar-refractivity contribution in [1.82, 2.24) is 0 Å². The van der Waals surface area contributed by atoms with Gasteiger partial charge in [-0.15, -0.1) is 0 Å². The fourth-order valence-electron chi connectivity index (χ4n) is 1.67. The fraction of sp³-hybridized carbons (Fsp3) is 0.200. The molecule has 0 bridgehead atoms. The predicted octanol–water partition coefficient (Wildman–Crippen LogP) is 3.98. The van der Waals surface area contributed by atoms with E-state index in [2.05, 4.69) is 0 Å². The molecule has 0 radical (unpaired) electrons. The summed E-state index contributed by atoms with van der Waals surface area (Å²) < 4.78 is 5.48. The van der Waals surface area contributed by atoms with Crippen LogP contribution in [-0.2, 0) is 6.42 Å². The van der Waals surface area contributed by atoms with Crippen LogP contribution >= 0.6 is 23.2 Å². The third-order valence-corrected chi connectivity index (χ3v) is 3.14. The lowest BCUT2D eigenvalue weighted by Crippen LogP contribution is -2.20. The van der Waals surface area contributed by atoms with Crippen LogP contribution in [0.3, 0.4) is 0 Å². The molecule has 2 aromatic rings.